The zero-order valence-electron chi connectivity index (χ0n) is 22.9. The molecule has 0 bridgehead atoms. The number of rotatable bonds is 11. The smallest absolute Gasteiger partial charge is 0.238 e. The fourth-order valence-corrected chi connectivity index (χ4v) is 6.06. The number of pyridine rings is 2. The second kappa shape index (κ2) is 10.7. The van der Waals surface area contributed by atoms with Crippen LogP contribution in [0.1, 0.15) is 31.2 Å². The SMILES string of the molecule is COCCN(C)CCCOc1ncc(-c2ccc3ncc4c(c3c2)C2(CCC2)C(=O)N4C)cc1NS(C)(=O)=O. The van der Waals surface area contributed by atoms with Crippen LogP contribution in [0.3, 0.4) is 0 Å². The summed E-state index contributed by atoms with van der Waals surface area (Å²) in [6.07, 6.45) is 8.03. The van der Waals surface area contributed by atoms with Crippen LogP contribution in [0, 0.1) is 0 Å². The summed E-state index contributed by atoms with van der Waals surface area (Å²) in [7, 11) is 1.94. The average molecular weight is 554 g/mol. The van der Waals surface area contributed by atoms with Gasteiger partial charge in [-0.3, -0.25) is 14.5 Å². The first-order chi connectivity index (χ1) is 18.6. The Labute approximate surface area is 229 Å². The highest BCUT2D eigenvalue weighted by Gasteiger charge is 2.54. The lowest BCUT2D eigenvalue weighted by atomic mass is 9.64. The van der Waals surface area contributed by atoms with Crippen molar-refractivity contribution in [3.8, 4) is 17.0 Å². The summed E-state index contributed by atoms with van der Waals surface area (Å²) < 4.78 is 37.8. The second-order valence-electron chi connectivity index (χ2n) is 10.5. The summed E-state index contributed by atoms with van der Waals surface area (Å²) in [4.78, 5) is 26.1. The Morgan fingerprint density at radius 2 is 1.90 bits per heavy atom. The molecule has 1 aliphatic heterocycles. The largest absolute Gasteiger partial charge is 0.476 e. The molecule has 1 fully saturated rings. The minimum Gasteiger partial charge on any atom is -0.476 e. The molecule has 1 amide bonds. The molecule has 5 rings (SSSR count). The van der Waals surface area contributed by atoms with Crippen LogP contribution in [-0.2, 0) is 25.0 Å². The molecule has 208 valence electrons. The zero-order valence-corrected chi connectivity index (χ0v) is 23.7. The topological polar surface area (TPSA) is 114 Å². The van der Waals surface area contributed by atoms with Crippen molar-refractivity contribution >= 4 is 38.2 Å². The molecular formula is C28H35N5O5S. The Hall–Kier alpha value is -3.28. The maximum atomic E-state index is 13.2. The van der Waals surface area contributed by atoms with Crippen LogP contribution in [-0.4, -0.2) is 83.0 Å². The molecule has 10 nitrogen and oxygen atoms in total. The van der Waals surface area contributed by atoms with Crippen molar-refractivity contribution in [3.63, 3.8) is 0 Å². The van der Waals surface area contributed by atoms with Crippen molar-refractivity contribution in [2.45, 2.75) is 31.1 Å². The van der Waals surface area contributed by atoms with E-state index in [2.05, 4.69) is 19.6 Å². The van der Waals surface area contributed by atoms with Crippen LogP contribution < -0.4 is 14.4 Å². The van der Waals surface area contributed by atoms with Gasteiger partial charge in [0.1, 0.15) is 5.69 Å². The van der Waals surface area contributed by atoms with Gasteiger partial charge >= 0.3 is 0 Å². The fourth-order valence-electron chi connectivity index (χ4n) is 5.51. The molecule has 11 heteroatoms. The van der Waals surface area contributed by atoms with Crippen LogP contribution in [0.25, 0.3) is 22.0 Å². The number of benzene rings is 1. The van der Waals surface area contributed by atoms with Crippen molar-refractivity contribution < 1.29 is 22.7 Å². The van der Waals surface area contributed by atoms with E-state index in [4.69, 9.17) is 9.47 Å². The Morgan fingerprint density at radius 1 is 1.10 bits per heavy atom. The quantitative estimate of drug-likeness (QED) is 0.360. The number of anilines is 2. The Kier molecular flexibility index (Phi) is 7.49. The average Bonchev–Trinajstić information content (AvgIpc) is 3.12. The molecule has 0 unspecified atom stereocenters. The molecule has 0 saturated heterocycles. The van der Waals surface area contributed by atoms with Gasteiger partial charge in [0.05, 0.1) is 42.3 Å². The monoisotopic (exact) mass is 553 g/mol. The van der Waals surface area contributed by atoms with Gasteiger partial charge in [-0.2, -0.15) is 0 Å². The lowest BCUT2D eigenvalue weighted by Crippen LogP contribution is -2.43. The van der Waals surface area contributed by atoms with Gasteiger partial charge in [-0.05, 0) is 50.1 Å². The van der Waals surface area contributed by atoms with Crippen molar-refractivity contribution in [1.82, 2.24) is 14.9 Å². The standard InChI is InChI=1S/C28H35N5O5S/c1-32(12-14-37-3)11-6-13-38-26-23(31-39(4,35)36)16-20(17-30-26)19-7-8-22-21(15-19)25-24(18-29-22)33(2)27(34)28(25)9-5-10-28/h7-8,15-18,31H,5-6,9-14H2,1-4H3. The number of likely N-dealkylation sites (N-methyl/N-ethyl adjacent to an activating group) is 2. The van der Waals surface area contributed by atoms with E-state index in [0.29, 0.717) is 13.2 Å². The van der Waals surface area contributed by atoms with E-state index in [-0.39, 0.29) is 17.5 Å². The van der Waals surface area contributed by atoms with E-state index in [1.54, 1.807) is 30.5 Å². The molecule has 0 radical (unpaired) electrons. The minimum absolute atomic E-state index is 0.135. The number of hydrogen-bond acceptors (Lipinski definition) is 8. The predicted octanol–water partition coefficient (Wildman–Crippen LogP) is 3.41. The van der Waals surface area contributed by atoms with Crippen molar-refractivity contribution in [2.24, 2.45) is 0 Å². The van der Waals surface area contributed by atoms with Crippen molar-refractivity contribution in [1.29, 1.82) is 0 Å². The van der Waals surface area contributed by atoms with Crippen LogP contribution in [0.2, 0.25) is 0 Å². The number of amides is 1. The Balaban J connectivity index is 1.45. The molecule has 2 aromatic heterocycles. The molecule has 2 aliphatic rings. The van der Waals surface area contributed by atoms with Crippen LogP contribution in [0.15, 0.2) is 36.7 Å². The molecule has 3 heterocycles. The summed E-state index contributed by atoms with van der Waals surface area (Å²) in [5.74, 6) is 0.365. The molecule has 0 atom stereocenters. The number of nitrogens with zero attached hydrogens (tertiary/aromatic N) is 4. The van der Waals surface area contributed by atoms with E-state index < -0.39 is 15.4 Å². The third kappa shape index (κ3) is 5.30. The molecule has 1 saturated carbocycles. The van der Waals surface area contributed by atoms with Gasteiger partial charge in [0, 0.05) is 50.0 Å². The van der Waals surface area contributed by atoms with Gasteiger partial charge in [-0.1, -0.05) is 12.5 Å². The number of fused-ring (bicyclic) bond motifs is 4. The first-order valence-electron chi connectivity index (χ1n) is 13.1. The third-order valence-electron chi connectivity index (χ3n) is 7.69. The highest BCUT2D eigenvalue weighted by molar-refractivity contribution is 7.92. The van der Waals surface area contributed by atoms with Crippen molar-refractivity contribution in [2.75, 3.05) is 63.4 Å². The lowest BCUT2D eigenvalue weighted by molar-refractivity contribution is -0.125. The highest BCUT2D eigenvalue weighted by atomic mass is 32.2. The number of ether oxygens (including phenoxy) is 2. The highest BCUT2D eigenvalue weighted by Crippen LogP contribution is 2.55. The molecule has 1 N–H and O–H groups in total. The van der Waals surface area contributed by atoms with Crippen LogP contribution >= 0.6 is 0 Å². The molecule has 1 aromatic carbocycles. The van der Waals surface area contributed by atoms with Gasteiger partial charge < -0.3 is 19.3 Å². The second-order valence-corrected chi connectivity index (χ2v) is 12.2. The molecule has 3 aromatic rings. The van der Waals surface area contributed by atoms with E-state index in [1.165, 1.54) is 0 Å². The summed E-state index contributed by atoms with van der Waals surface area (Å²) in [6, 6.07) is 7.65. The number of sulfonamides is 1. The number of methoxy groups -OCH3 is 1. The van der Waals surface area contributed by atoms with E-state index in [9.17, 15) is 13.2 Å². The normalized spacial score (nSPS) is 16.1. The minimum atomic E-state index is -3.56. The van der Waals surface area contributed by atoms with Gasteiger partial charge in [0.25, 0.3) is 0 Å². The first kappa shape index (κ1) is 27.3. The van der Waals surface area contributed by atoms with Gasteiger partial charge in [-0.25, -0.2) is 13.4 Å². The van der Waals surface area contributed by atoms with Crippen LogP contribution in [0.5, 0.6) is 5.88 Å². The van der Waals surface area contributed by atoms with E-state index >= 15 is 0 Å². The molecule has 39 heavy (non-hydrogen) atoms. The number of aromatic nitrogens is 2. The summed E-state index contributed by atoms with van der Waals surface area (Å²) in [5, 5.41) is 0.943. The Morgan fingerprint density at radius 3 is 2.59 bits per heavy atom. The fraction of sp³-hybridized carbons (Fsp3) is 0.464. The van der Waals surface area contributed by atoms with E-state index in [0.717, 1.165) is 78.3 Å². The summed E-state index contributed by atoms with van der Waals surface area (Å²) in [5.41, 5.74) is 4.12. The molecule has 1 aliphatic carbocycles. The summed E-state index contributed by atoms with van der Waals surface area (Å²) in [6.45, 7) is 2.68. The predicted molar refractivity (Wildman–Crippen MR) is 152 cm³/mol. The summed E-state index contributed by atoms with van der Waals surface area (Å²) >= 11 is 0. The number of hydrogen-bond donors (Lipinski definition) is 1. The van der Waals surface area contributed by atoms with Crippen LogP contribution in [0.4, 0.5) is 11.4 Å². The van der Waals surface area contributed by atoms with Gasteiger partial charge in [0.2, 0.25) is 21.8 Å². The Bertz CT molecular complexity index is 1510. The number of carbonyl (C=O) groups excluding carboxylic acids is 1. The molecule has 1 spiro atoms. The molecular weight excluding hydrogens is 518 g/mol. The number of nitrogens with one attached hydrogen (secondary N) is 1. The van der Waals surface area contributed by atoms with Gasteiger partial charge in [0.15, 0.2) is 0 Å². The zero-order chi connectivity index (χ0) is 27.8. The third-order valence-corrected chi connectivity index (χ3v) is 8.28. The number of carbonyl (C=O) groups is 1. The lowest BCUT2D eigenvalue weighted by Gasteiger charge is -2.37. The van der Waals surface area contributed by atoms with Crippen molar-refractivity contribution in [3.05, 3.63) is 42.2 Å². The maximum Gasteiger partial charge on any atom is 0.238 e. The van der Waals surface area contributed by atoms with Gasteiger partial charge in [-0.15, -0.1) is 0 Å². The maximum absolute atomic E-state index is 13.2. The van der Waals surface area contributed by atoms with E-state index in [1.807, 2.05) is 32.3 Å². The first-order valence-corrected chi connectivity index (χ1v) is 15.0.